The number of nitrogens with zero attached hydrogens (tertiary/aromatic N) is 1. The number of benzene rings is 2. The Morgan fingerprint density at radius 2 is 1.78 bits per heavy atom. The summed E-state index contributed by atoms with van der Waals surface area (Å²) in [5.74, 6) is 0.0482. The maximum atomic E-state index is 13.6. The number of fused-ring (bicyclic) bond motifs is 1. The van der Waals surface area contributed by atoms with Gasteiger partial charge in [-0.05, 0) is 60.2 Å². The number of hydrogen-bond donors (Lipinski definition) is 2. The summed E-state index contributed by atoms with van der Waals surface area (Å²) in [5.41, 5.74) is 2.77. The highest BCUT2D eigenvalue weighted by Crippen LogP contribution is 2.41. The van der Waals surface area contributed by atoms with E-state index in [0.29, 0.717) is 43.9 Å². The quantitative estimate of drug-likeness (QED) is 0.568. The van der Waals surface area contributed by atoms with Gasteiger partial charge in [0.25, 0.3) is 0 Å². The summed E-state index contributed by atoms with van der Waals surface area (Å²) in [6.07, 6.45) is 2.81. The first kappa shape index (κ1) is 23.4. The number of ether oxygens (including phenoxy) is 2. The number of carboxylic acids is 1. The molecule has 32 heavy (non-hydrogen) atoms. The number of urea groups is 1. The van der Waals surface area contributed by atoms with Crippen molar-refractivity contribution in [2.75, 3.05) is 27.3 Å². The summed E-state index contributed by atoms with van der Waals surface area (Å²) >= 11 is 0. The average molecular weight is 445 g/mol. The maximum absolute atomic E-state index is 13.6. The smallest absolute Gasteiger partial charge is 0.318 e. The molecule has 1 aliphatic heterocycles. The van der Waals surface area contributed by atoms with E-state index >= 15 is 0 Å². The summed E-state index contributed by atoms with van der Waals surface area (Å²) in [4.78, 5) is 25.4. The largest absolute Gasteiger partial charge is 0.493 e. The van der Waals surface area contributed by atoms with Gasteiger partial charge < -0.3 is 24.8 Å². The molecule has 0 unspecified atom stereocenters. The molecule has 0 spiro atoms. The predicted molar refractivity (Wildman–Crippen MR) is 118 cm³/mol. The third kappa shape index (κ3) is 5.49. The van der Waals surface area contributed by atoms with Crippen LogP contribution in [0.3, 0.4) is 0 Å². The fraction of sp³-hybridized carbons (Fsp3) is 0.417. The predicted octanol–water partition coefficient (Wildman–Crippen LogP) is 4.15. The Bertz CT molecular complexity index is 948. The van der Waals surface area contributed by atoms with Crippen LogP contribution in [0.25, 0.3) is 0 Å². The lowest BCUT2D eigenvalue weighted by Gasteiger charge is -2.38. The Balaban J connectivity index is 1.82. The highest BCUT2D eigenvalue weighted by molar-refractivity contribution is 5.76. The average Bonchev–Trinajstić information content (AvgIpc) is 2.79. The van der Waals surface area contributed by atoms with Gasteiger partial charge in [0, 0.05) is 19.5 Å². The van der Waals surface area contributed by atoms with Gasteiger partial charge in [0.1, 0.15) is 5.82 Å². The fourth-order valence-corrected chi connectivity index (χ4v) is 4.04. The second-order valence-electron chi connectivity index (χ2n) is 7.74. The third-order valence-electron chi connectivity index (χ3n) is 5.66. The van der Waals surface area contributed by atoms with E-state index in [2.05, 4.69) is 5.32 Å². The standard InChI is InChI=1S/C24H29FN2O5/c1-31-20-14-17-11-13-27(24(30)26-12-5-3-4-6-22(28)29)23(19(17)15-21(20)32-2)16-7-9-18(25)10-8-16/h7-10,14-15,23H,3-6,11-13H2,1-2H3,(H,26,30)(H,28,29)/t23-/m1/s1. The molecule has 8 heteroatoms. The number of hydrogen-bond acceptors (Lipinski definition) is 4. The fourth-order valence-electron chi connectivity index (χ4n) is 4.04. The monoisotopic (exact) mass is 444 g/mol. The first-order valence-corrected chi connectivity index (χ1v) is 10.7. The van der Waals surface area contributed by atoms with Crippen molar-refractivity contribution in [3.63, 3.8) is 0 Å². The molecule has 7 nitrogen and oxygen atoms in total. The van der Waals surface area contributed by atoms with Crippen LogP contribution in [0.5, 0.6) is 11.5 Å². The van der Waals surface area contributed by atoms with Crippen LogP contribution < -0.4 is 14.8 Å². The van der Waals surface area contributed by atoms with Crippen LogP contribution >= 0.6 is 0 Å². The molecule has 172 valence electrons. The molecule has 0 aliphatic carbocycles. The van der Waals surface area contributed by atoms with E-state index in [0.717, 1.165) is 23.1 Å². The Morgan fingerprint density at radius 3 is 2.44 bits per heavy atom. The van der Waals surface area contributed by atoms with E-state index in [1.807, 2.05) is 12.1 Å². The normalized spacial score (nSPS) is 15.1. The van der Waals surface area contributed by atoms with Gasteiger partial charge in [-0.15, -0.1) is 0 Å². The summed E-state index contributed by atoms with van der Waals surface area (Å²) < 4.78 is 24.5. The number of carbonyl (C=O) groups is 2. The van der Waals surface area contributed by atoms with Gasteiger partial charge in [-0.3, -0.25) is 4.79 Å². The molecule has 1 heterocycles. The summed E-state index contributed by atoms with van der Waals surface area (Å²) in [7, 11) is 3.15. The first-order chi connectivity index (χ1) is 15.4. The highest BCUT2D eigenvalue weighted by atomic mass is 19.1. The summed E-state index contributed by atoms with van der Waals surface area (Å²) in [6, 6.07) is 9.38. The minimum Gasteiger partial charge on any atom is -0.493 e. The van der Waals surface area contributed by atoms with Gasteiger partial charge in [0.05, 0.1) is 20.3 Å². The van der Waals surface area contributed by atoms with E-state index in [-0.39, 0.29) is 18.3 Å². The molecule has 3 rings (SSSR count). The first-order valence-electron chi connectivity index (χ1n) is 10.7. The molecule has 0 saturated carbocycles. The number of amides is 2. The Hall–Kier alpha value is -3.29. The highest BCUT2D eigenvalue weighted by Gasteiger charge is 2.33. The second-order valence-corrected chi connectivity index (χ2v) is 7.74. The Labute approximate surface area is 187 Å². The molecule has 1 aliphatic rings. The lowest BCUT2D eigenvalue weighted by Crippen LogP contribution is -2.46. The second kappa shape index (κ2) is 10.8. The molecule has 2 aromatic carbocycles. The van der Waals surface area contributed by atoms with Gasteiger partial charge in [-0.2, -0.15) is 0 Å². The van der Waals surface area contributed by atoms with Gasteiger partial charge in [-0.25, -0.2) is 9.18 Å². The van der Waals surface area contributed by atoms with E-state index in [1.165, 1.54) is 12.1 Å². The Morgan fingerprint density at radius 1 is 1.09 bits per heavy atom. The van der Waals surface area contributed by atoms with Crippen molar-refractivity contribution in [3.8, 4) is 11.5 Å². The molecule has 0 radical (unpaired) electrons. The van der Waals surface area contributed by atoms with Crippen molar-refractivity contribution < 1.29 is 28.6 Å². The number of halogens is 1. The van der Waals surface area contributed by atoms with Gasteiger partial charge in [0.2, 0.25) is 0 Å². The molecule has 0 bridgehead atoms. The van der Waals surface area contributed by atoms with Crippen LogP contribution in [-0.4, -0.2) is 49.3 Å². The van der Waals surface area contributed by atoms with Crippen molar-refractivity contribution >= 4 is 12.0 Å². The van der Waals surface area contributed by atoms with Crippen molar-refractivity contribution in [1.29, 1.82) is 0 Å². The number of methoxy groups -OCH3 is 2. The Kier molecular flexibility index (Phi) is 7.92. The third-order valence-corrected chi connectivity index (χ3v) is 5.66. The summed E-state index contributed by atoms with van der Waals surface area (Å²) in [6.45, 7) is 0.958. The molecule has 2 N–H and O–H groups in total. The number of carbonyl (C=O) groups excluding carboxylic acids is 1. The van der Waals surface area contributed by atoms with Gasteiger partial charge in [0.15, 0.2) is 11.5 Å². The lowest BCUT2D eigenvalue weighted by molar-refractivity contribution is -0.137. The SMILES string of the molecule is COc1cc2c(cc1OC)[C@@H](c1ccc(F)cc1)N(C(=O)NCCCCCC(=O)O)CC2. The topological polar surface area (TPSA) is 88.1 Å². The number of unbranched alkanes of at least 4 members (excludes halogenated alkanes) is 2. The lowest BCUT2D eigenvalue weighted by atomic mass is 9.88. The number of nitrogens with one attached hydrogen (secondary N) is 1. The summed E-state index contributed by atoms with van der Waals surface area (Å²) in [5, 5.41) is 11.7. The molecular weight excluding hydrogens is 415 g/mol. The van der Waals surface area contributed by atoms with Crippen LogP contribution in [0.1, 0.15) is 48.4 Å². The van der Waals surface area contributed by atoms with E-state index < -0.39 is 12.0 Å². The molecular formula is C24H29FN2O5. The van der Waals surface area contributed by atoms with Crippen molar-refractivity contribution in [3.05, 3.63) is 58.9 Å². The van der Waals surface area contributed by atoms with Gasteiger partial charge >= 0.3 is 12.0 Å². The molecule has 1 atom stereocenters. The van der Waals surface area contributed by atoms with Crippen LogP contribution in [0, 0.1) is 5.82 Å². The zero-order valence-electron chi connectivity index (χ0n) is 18.4. The minimum atomic E-state index is -0.810. The van der Waals surface area contributed by atoms with Gasteiger partial charge in [-0.1, -0.05) is 18.6 Å². The minimum absolute atomic E-state index is 0.134. The van der Waals surface area contributed by atoms with Crippen LogP contribution in [0.2, 0.25) is 0 Å². The molecule has 2 amide bonds. The maximum Gasteiger partial charge on any atom is 0.318 e. The van der Waals surface area contributed by atoms with Crippen LogP contribution in [-0.2, 0) is 11.2 Å². The zero-order valence-corrected chi connectivity index (χ0v) is 18.4. The number of rotatable bonds is 9. The van der Waals surface area contributed by atoms with Crippen molar-refractivity contribution in [2.45, 2.75) is 38.1 Å². The van der Waals surface area contributed by atoms with Crippen molar-refractivity contribution in [2.24, 2.45) is 0 Å². The zero-order chi connectivity index (χ0) is 23.1. The number of aliphatic carboxylic acids is 1. The van der Waals surface area contributed by atoms with E-state index in [9.17, 15) is 14.0 Å². The van der Waals surface area contributed by atoms with Crippen molar-refractivity contribution in [1.82, 2.24) is 10.2 Å². The molecule has 0 aromatic heterocycles. The molecule has 0 fully saturated rings. The number of carboxylic acid groups (broad SMARTS) is 1. The molecule has 0 saturated heterocycles. The van der Waals surface area contributed by atoms with E-state index in [4.69, 9.17) is 14.6 Å². The van der Waals surface area contributed by atoms with E-state index in [1.54, 1.807) is 31.3 Å². The van der Waals surface area contributed by atoms with Crippen LogP contribution in [0.15, 0.2) is 36.4 Å². The van der Waals surface area contributed by atoms with Crippen LogP contribution in [0.4, 0.5) is 9.18 Å². The molecule has 2 aromatic rings.